The molecule has 0 aromatic heterocycles. The van der Waals surface area contributed by atoms with Crippen LogP contribution in [0.5, 0.6) is 0 Å². The molecule has 2 heteroatoms. The Labute approximate surface area is 122 Å². The fourth-order valence-corrected chi connectivity index (χ4v) is 4.27. The Morgan fingerprint density at radius 2 is 1.80 bits per heavy atom. The first-order valence-electron chi connectivity index (χ1n) is 8.47. The van der Waals surface area contributed by atoms with E-state index in [9.17, 15) is 0 Å². The summed E-state index contributed by atoms with van der Waals surface area (Å²) in [5.74, 6) is 0.884. The normalized spacial score (nSPS) is 32.0. The number of nitrogens with zero attached hydrogens (tertiary/aromatic N) is 1. The fourth-order valence-electron chi connectivity index (χ4n) is 4.27. The Bertz CT molecular complexity index is 440. The van der Waals surface area contributed by atoms with Gasteiger partial charge in [-0.25, -0.2) is 0 Å². The van der Waals surface area contributed by atoms with Gasteiger partial charge in [-0.05, 0) is 50.1 Å². The number of benzene rings is 1. The van der Waals surface area contributed by atoms with Crippen LogP contribution in [0.3, 0.4) is 0 Å². The highest BCUT2D eigenvalue weighted by Crippen LogP contribution is 2.42. The molecular weight excluding hydrogens is 244 g/mol. The Morgan fingerprint density at radius 1 is 0.950 bits per heavy atom. The molecule has 1 aromatic carbocycles. The number of rotatable bonds is 4. The van der Waals surface area contributed by atoms with Crippen LogP contribution >= 0.6 is 0 Å². The smallest absolute Gasteiger partial charge is 0.0351 e. The Morgan fingerprint density at radius 3 is 2.60 bits per heavy atom. The fraction of sp³-hybridized carbons (Fsp3) is 0.667. The van der Waals surface area contributed by atoms with Crippen molar-refractivity contribution in [2.24, 2.45) is 5.92 Å². The summed E-state index contributed by atoms with van der Waals surface area (Å²) in [6.45, 7) is 2.65. The van der Waals surface area contributed by atoms with Crippen molar-refractivity contribution in [1.82, 2.24) is 10.2 Å². The minimum absolute atomic E-state index is 0.600. The third-order valence-corrected chi connectivity index (χ3v) is 5.50. The van der Waals surface area contributed by atoms with Crippen LogP contribution in [0.25, 0.3) is 0 Å². The molecule has 3 aliphatic rings. The average molecular weight is 270 g/mol. The lowest BCUT2D eigenvalue weighted by molar-refractivity contribution is 0.175. The van der Waals surface area contributed by atoms with Gasteiger partial charge in [0.05, 0.1) is 0 Å². The molecule has 1 saturated carbocycles. The molecule has 0 spiro atoms. The summed E-state index contributed by atoms with van der Waals surface area (Å²) >= 11 is 0. The lowest BCUT2D eigenvalue weighted by Crippen LogP contribution is -2.46. The van der Waals surface area contributed by atoms with Crippen LogP contribution in [0, 0.1) is 5.92 Å². The Balaban J connectivity index is 1.48. The van der Waals surface area contributed by atoms with Crippen LogP contribution < -0.4 is 5.32 Å². The number of hydrogen-bond donors (Lipinski definition) is 1. The van der Waals surface area contributed by atoms with Gasteiger partial charge in [-0.1, -0.05) is 36.8 Å². The highest BCUT2D eigenvalue weighted by Gasteiger charge is 2.39. The number of hydrogen-bond acceptors (Lipinski definition) is 2. The summed E-state index contributed by atoms with van der Waals surface area (Å²) < 4.78 is 0. The van der Waals surface area contributed by atoms with E-state index in [1.807, 2.05) is 0 Å². The van der Waals surface area contributed by atoms with E-state index in [1.165, 1.54) is 57.2 Å². The van der Waals surface area contributed by atoms with E-state index in [0.717, 1.165) is 18.0 Å². The standard InChI is InChI=1S/C18H26N2/c1-2-6-14(7-3-1)18(15-9-10-15)19-16-11-13-20-12-5-4-8-17(16)20/h1-3,6-7,15-19H,4-5,8-13H2. The number of piperidine rings is 1. The van der Waals surface area contributed by atoms with Gasteiger partial charge >= 0.3 is 0 Å². The van der Waals surface area contributed by atoms with Crippen LogP contribution in [0.4, 0.5) is 0 Å². The first-order valence-corrected chi connectivity index (χ1v) is 8.47. The molecule has 3 unspecified atom stereocenters. The second kappa shape index (κ2) is 5.50. The summed E-state index contributed by atoms with van der Waals surface area (Å²) in [5.41, 5.74) is 1.50. The lowest BCUT2D eigenvalue weighted by Gasteiger charge is -2.34. The zero-order valence-corrected chi connectivity index (χ0v) is 12.3. The van der Waals surface area contributed by atoms with Crippen LogP contribution in [-0.2, 0) is 0 Å². The monoisotopic (exact) mass is 270 g/mol. The van der Waals surface area contributed by atoms with E-state index < -0.39 is 0 Å². The molecule has 2 saturated heterocycles. The van der Waals surface area contributed by atoms with E-state index >= 15 is 0 Å². The van der Waals surface area contributed by atoms with Crippen molar-refractivity contribution in [2.45, 2.75) is 56.7 Å². The summed E-state index contributed by atoms with van der Waals surface area (Å²) in [6.07, 6.45) is 8.42. The third-order valence-electron chi connectivity index (χ3n) is 5.50. The maximum atomic E-state index is 4.05. The molecule has 20 heavy (non-hydrogen) atoms. The highest BCUT2D eigenvalue weighted by atomic mass is 15.2. The summed E-state index contributed by atoms with van der Waals surface area (Å²) in [7, 11) is 0. The van der Waals surface area contributed by atoms with E-state index in [2.05, 4.69) is 40.5 Å². The molecule has 2 aliphatic heterocycles. The minimum atomic E-state index is 0.600. The van der Waals surface area contributed by atoms with Crippen LogP contribution in [-0.4, -0.2) is 30.1 Å². The van der Waals surface area contributed by atoms with Crippen molar-refractivity contribution in [2.75, 3.05) is 13.1 Å². The van der Waals surface area contributed by atoms with Gasteiger partial charge in [0.2, 0.25) is 0 Å². The molecule has 0 bridgehead atoms. The summed E-state index contributed by atoms with van der Waals surface area (Å²) in [5, 5.41) is 4.05. The third kappa shape index (κ3) is 2.51. The molecule has 2 nitrogen and oxygen atoms in total. The van der Waals surface area contributed by atoms with Gasteiger partial charge in [-0.15, -0.1) is 0 Å². The number of nitrogens with one attached hydrogen (secondary N) is 1. The van der Waals surface area contributed by atoms with E-state index in [4.69, 9.17) is 0 Å². The topological polar surface area (TPSA) is 15.3 Å². The predicted molar refractivity (Wildman–Crippen MR) is 82.7 cm³/mol. The van der Waals surface area contributed by atoms with Crippen LogP contribution in [0.2, 0.25) is 0 Å². The molecule has 3 fully saturated rings. The maximum absolute atomic E-state index is 4.05. The van der Waals surface area contributed by atoms with Gasteiger partial charge in [0.1, 0.15) is 0 Å². The minimum Gasteiger partial charge on any atom is -0.305 e. The molecule has 1 aromatic rings. The van der Waals surface area contributed by atoms with E-state index in [-0.39, 0.29) is 0 Å². The molecule has 0 amide bonds. The van der Waals surface area contributed by atoms with Crippen molar-refractivity contribution in [3.05, 3.63) is 35.9 Å². The SMILES string of the molecule is c1ccc(C(NC2CCN3CCCCC23)C2CC2)cc1. The van der Waals surface area contributed by atoms with Gasteiger partial charge in [0.15, 0.2) is 0 Å². The molecule has 0 radical (unpaired) electrons. The first kappa shape index (κ1) is 12.8. The molecule has 108 valence electrons. The Kier molecular flexibility index (Phi) is 3.53. The summed E-state index contributed by atoms with van der Waals surface area (Å²) in [4.78, 5) is 2.73. The second-order valence-corrected chi connectivity index (χ2v) is 6.89. The first-order chi connectivity index (χ1) is 9.92. The molecule has 3 atom stereocenters. The van der Waals surface area contributed by atoms with Crippen molar-refractivity contribution in [3.63, 3.8) is 0 Å². The van der Waals surface area contributed by atoms with Crippen LogP contribution in [0.1, 0.15) is 50.1 Å². The van der Waals surface area contributed by atoms with Gasteiger partial charge in [0.25, 0.3) is 0 Å². The molecule has 1 N–H and O–H groups in total. The zero-order valence-electron chi connectivity index (χ0n) is 12.3. The largest absolute Gasteiger partial charge is 0.305 e. The van der Waals surface area contributed by atoms with Crippen molar-refractivity contribution in [1.29, 1.82) is 0 Å². The molecule has 2 heterocycles. The van der Waals surface area contributed by atoms with Gasteiger partial charge in [0, 0.05) is 24.7 Å². The Hall–Kier alpha value is -0.860. The van der Waals surface area contributed by atoms with Crippen molar-refractivity contribution < 1.29 is 0 Å². The van der Waals surface area contributed by atoms with E-state index in [1.54, 1.807) is 0 Å². The van der Waals surface area contributed by atoms with Crippen molar-refractivity contribution in [3.8, 4) is 0 Å². The molecular formula is C18H26N2. The highest BCUT2D eigenvalue weighted by molar-refractivity contribution is 5.21. The van der Waals surface area contributed by atoms with Gasteiger partial charge in [-0.2, -0.15) is 0 Å². The van der Waals surface area contributed by atoms with Crippen LogP contribution in [0.15, 0.2) is 30.3 Å². The second-order valence-electron chi connectivity index (χ2n) is 6.89. The molecule has 1 aliphatic carbocycles. The van der Waals surface area contributed by atoms with Gasteiger partial charge in [-0.3, -0.25) is 4.90 Å². The average Bonchev–Trinajstić information content (AvgIpc) is 3.27. The zero-order chi connectivity index (χ0) is 13.4. The van der Waals surface area contributed by atoms with Crippen molar-refractivity contribution >= 4 is 0 Å². The van der Waals surface area contributed by atoms with E-state index in [0.29, 0.717) is 6.04 Å². The summed E-state index contributed by atoms with van der Waals surface area (Å²) in [6, 6.07) is 13.3. The number of fused-ring (bicyclic) bond motifs is 1. The lowest BCUT2D eigenvalue weighted by atomic mass is 9.95. The molecule has 4 rings (SSSR count). The maximum Gasteiger partial charge on any atom is 0.0351 e. The van der Waals surface area contributed by atoms with Gasteiger partial charge < -0.3 is 5.32 Å². The predicted octanol–water partition coefficient (Wildman–Crippen LogP) is 3.35. The quantitative estimate of drug-likeness (QED) is 0.902.